The average Bonchev–Trinajstić information content (AvgIpc) is 3.68. The van der Waals surface area contributed by atoms with Crippen molar-refractivity contribution in [1.82, 2.24) is 25.1 Å². The molecule has 0 aliphatic carbocycles. The van der Waals surface area contributed by atoms with Gasteiger partial charge in [0.05, 0.1) is 12.6 Å². The van der Waals surface area contributed by atoms with E-state index in [4.69, 9.17) is 14.9 Å². The highest BCUT2D eigenvalue weighted by atomic mass is 16.5. The number of para-hydroxylation sites is 1. The van der Waals surface area contributed by atoms with Gasteiger partial charge in [-0.15, -0.1) is 10.2 Å². The van der Waals surface area contributed by atoms with Gasteiger partial charge in [0.25, 0.3) is 0 Å². The largest absolute Gasteiger partial charge is 0.381 e. The summed E-state index contributed by atoms with van der Waals surface area (Å²) in [5.74, 6) is 1.69. The van der Waals surface area contributed by atoms with Crippen LogP contribution in [0.3, 0.4) is 0 Å². The van der Waals surface area contributed by atoms with Crippen molar-refractivity contribution in [3.8, 4) is 0 Å². The van der Waals surface area contributed by atoms with Crippen LogP contribution in [0.25, 0.3) is 21.7 Å². The number of aryl methyl sites for hydroxylation is 2. The van der Waals surface area contributed by atoms with Crippen molar-refractivity contribution >= 4 is 27.6 Å². The number of aromatic nitrogens is 4. The predicted molar refractivity (Wildman–Crippen MR) is 173 cm³/mol. The van der Waals surface area contributed by atoms with Gasteiger partial charge in [-0.2, -0.15) is 0 Å². The van der Waals surface area contributed by atoms with Crippen molar-refractivity contribution in [3.05, 3.63) is 132 Å². The fourth-order valence-corrected chi connectivity index (χ4v) is 6.44. The van der Waals surface area contributed by atoms with Crippen LogP contribution in [0.1, 0.15) is 47.2 Å². The minimum Gasteiger partial charge on any atom is -0.381 e. The number of aromatic amines is 1. The molecule has 1 atom stereocenters. The molecule has 1 aliphatic rings. The molecule has 0 saturated carbocycles. The number of rotatable bonds is 10. The summed E-state index contributed by atoms with van der Waals surface area (Å²) in [5, 5.41) is 16.6. The number of ether oxygens (including phenoxy) is 1. The normalized spacial score (nSPS) is 14.6. The molecule has 2 N–H and O–H groups in total. The van der Waals surface area contributed by atoms with Crippen molar-refractivity contribution in [2.45, 2.75) is 44.7 Å². The zero-order chi connectivity index (χ0) is 29.7. The van der Waals surface area contributed by atoms with Crippen LogP contribution in [0.2, 0.25) is 0 Å². The molecule has 3 heterocycles. The van der Waals surface area contributed by atoms with Gasteiger partial charge in [0, 0.05) is 49.1 Å². The molecule has 2 aromatic heterocycles. The predicted octanol–water partition coefficient (Wildman–Crippen LogP) is 6.57. The van der Waals surface area contributed by atoms with E-state index in [0.717, 1.165) is 53.8 Å². The molecule has 7 nitrogen and oxygen atoms in total. The van der Waals surface area contributed by atoms with Gasteiger partial charge < -0.3 is 19.6 Å². The Morgan fingerprint density at radius 3 is 2.45 bits per heavy atom. The first-order valence-electron chi connectivity index (χ1n) is 15.6. The van der Waals surface area contributed by atoms with Crippen LogP contribution < -0.4 is 5.32 Å². The van der Waals surface area contributed by atoms with Crippen molar-refractivity contribution in [2.75, 3.05) is 13.2 Å². The van der Waals surface area contributed by atoms with Crippen LogP contribution >= 0.6 is 0 Å². The van der Waals surface area contributed by atoms with Crippen LogP contribution in [0, 0.1) is 5.92 Å². The summed E-state index contributed by atoms with van der Waals surface area (Å²) in [6.45, 7) is 1.85. The molecule has 44 heavy (non-hydrogen) atoms. The summed E-state index contributed by atoms with van der Waals surface area (Å²) in [5.41, 5.74) is 4.69. The maximum atomic E-state index is 13.7. The molecule has 7 rings (SSSR count). The molecule has 0 radical (unpaired) electrons. The molecule has 6 aromatic rings. The van der Waals surface area contributed by atoms with Crippen LogP contribution in [0.15, 0.2) is 103 Å². The van der Waals surface area contributed by atoms with Crippen LogP contribution in [0.5, 0.6) is 0 Å². The number of fused-ring (bicyclic) bond motifs is 2. The third-order valence-electron chi connectivity index (χ3n) is 8.86. The van der Waals surface area contributed by atoms with Crippen molar-refractivity contribution in [3.63, 3.8) is 0 Å². The monoisotopic (exact) mass is 583 g/mol. The van der Waals surface area contributed by atoms with Gasteiger partial charge in [-0.1, -0.05) is 91.0 Å². The van der Waals surface area contributed by atoms with Gasteiger partial charge in [0.15, 0.2) is 5.82 Å². The van der Waals surface area contributed by atoms with Gasteiger partial charge >= 0.3 is 0 Å². The number of hydrogen-bond acceptors (Lipinski definition) is 4. The number of nitrogens with one attached hydrogen (secondary N) is 2. The summed E-state index contributed by atoms with van der Waals surface area (Å²) >= 11 is 0. The van der Waals surface area contributed by atoms with E-state index in [9.17, 15) is 4.79 Å². The Kier molecular flexibility index (Phi) is 8.20. The van der Waals surface area contributed by atoms with Gasteiger partial charge in [-0.3, -0.25) is 4.79 Å². The van der Waals surface area contributed by atoms with Crippen LogP contribution in [-0.4, -0.2) is 38.9 Å². The minimum atomic E-state index is -0.350. The number of benzene rings is 4. The summed E-state index contributed by atoms with van der Waals surface area (Å²) in [6, 6.07) is 33.4. The molecule has 1 fully saturated rings. The highest BCUT2D eigenvalue weighted by molar-refractivity contribution is 5.86. The fraction of sp³-hybridized carbons (Fsp3) is 0.270. The summed E-state index contributed by atoms with van der Waals surface area (Å²) in [4.78, 5) is 17.1. The molecule has 1 aliphatic heterocycles. The molecule has 222 valence electrons. The summed E-state index contributed by atoms with van der Waals surface area (Å²) in [6.07, 6.45) is 5.73. The quantitative estimate of drug-likeness (QED) is 0.191. The molecule has 4 aromatic carbocycles. The smallest absolute Gasteiger partial charge is 0.223 e. The molecular weight excluding hydrogens is 546 g/mol. The third kappa shape index (κ3) is 6.01. The maximum Gasteiger partial charge on any atom is 0.223 e. The molecule has 0 unspecified atom stereocenters. The molecule has 0 bridgehead atoms. The number of carbonyl (C=O) groups excluding carboxylic acids is 1. The van der Waals surface area contributed by atoms with E-state index in [1.807, 2.05) is 12.1 Å². The van der Waals surface area contributed by atoms with E-state index in [1.54, 1.807) is 0 Å². The van der Waals surface area contributed by atoms with E-state index >= 15 is 0 Å². The Morgan fingerprint density at radius 2 is 1.59 bits per heavy atom. The molecular formula is C37H37N5O2. The number of nitrogens with zero attached hydrogens (tertiary/aromatic N) is 3. The topological polar surface area (TPSA) is 84.8 Å². The second-order valence-electron chi connectivity index (χ2n) is 11.7. The zero-order valence-corrected chi connectivity index (χ0v) is 24.8. The summed E-state index contributed by atoms with van der Waals surface area (Å²) < 4.78 is 7.79. The molecule has 7 heteroatoms. The van der Waals surface area contributed by atoms with E-state index in [0.29, 0.717) is 26.2 Å². The lowest BCUT2D eigenvalue weighted by Crippen LogP contribution is -2.38. The minimum absolute atomic E-state index is 0.0590. The Balaban J connectivity index is 1.28. The number of carbonyl (C=O) groups is 1. The molecule has 0 spiro atoms. The van der Waals surface area contributed by atoms with Gasteiger partial charge in [-0.25, -0.2) is 0 Å². The second-order valence-corrected chi connectivity index (χ2v) is 11.7. The summed E-state index contributed by atoms with van der Waals surface area (Å²) in [7, 11) is 0. The standard InChI is InChI=1S/C37H37N5O2/c43-37(28-19-21-44-22-20-28)39-34(23-30-24-38-33-16-7-6-15-32(30)33)36-41-40-35(18-17-26-9-2-1-3-10-26)42(36)25-29-13-8-12-27-11-4-5-14-31(27)29/h1-16,24,28,34,38H,17-23,25H2,(H,39,43)/t34-/m1/s1. The first kappa shape index (κ1) is 28.0. The van der Waals surface area contributed by atoms with Crippen LogP contribution in [0.4, 0.5) is 0 Å². The Bertz CT molecular complexity index is 1860. The van der Waals surface area contributed by atoms with Gasteiger partial charge in [0.1, 0.15) is 5.82 Å². The van der Waals surface area contributed by atoms with E-state index in [-0.39, 0.29) is 17.9 Å². The molecule has 1 saturated heterocycles. The average molecular weight is 584 g/mol. The fourth-order valence-electron chi connectivity index (χ4n) is 6.44. The second kappa shape index (κ2) is 12.9. The van der Waals surface area contributed by atoms with Gasteiger partial charge in [-0.05, 0) is 52.8 Å². The number of H-pyrrole nitrogens is 1. The molecule has 1 amide bonds. The van der Waals surface area contributed by atoms with E-state index < -0.39 is 0 Å². The van der Waals surface area contributed by atoms with Crippen molar-refractivity contribution in [2.24, 2.45) is 5.92 Å². The number of hydrogen-bond donors (Lipinski definition) is 2. The highest BCUT2D eigenvalue weighted by Crippen LogP contribution is 2.28. The van der Waals surface area contributed by atoms with E-state index in [2.05, 4.69) is 106 Å². The zero-order valence-electron chi connectivity index (χ0n) is 24.8. The van der Waals surface area contributed by atoms with Crippen molar-refractivity contribution in [1.29, 1.82) is 0 Å². The van der Waals surface area contributed by atoms with Gasteiger partial charge in [0.2, 0.25) is 5.91 Å². The first-order valence-corrected chi connectivity index (χ1v) is 15.6. The third-order valence-corrected chi connectivity index (χ3v) is 8.86. The number of amides is 1. The van der Waals surface area contributed by atoms with E-state index in [1.165, 1.54) is 21.9 Å². The van der Waals surface area contributed by atoms with Crippen molar-refractivity contribution < 1.29 is 9.53 Å². The lowest BCUT2D eigenvalue weighted by molar-refractivity contribution is -0.128. The lowest BCUT2D eigenvalue weighted by atomic mass is 9.97. The maximum absolute atomic E-state index is 13.7. The van der Waals surface area contributed by atoms with Crippen LogP contribution in [-0.2, 0) is 35.3 Å². The Hall–Kier alpha value is -4.75. The lowest BCUT2D eigenvalue weighted by Gasteiger charge is -2.25. The highest BCUT2D eigenvalue weighted by Gasteiger charge is 2.29. The Labute approximate surface area is 257 Å². The Morgan fingerprint density at radius 1 is 0.841 bits per heavy atom. The first-order chi connectivity index (χ1) is 21.7. The SMILES string of the molecule is O=C(N[C@H](Cc1c[nH]c2ccccc12)c1nnc(CCc2ccccc2)n1Cc1cccc2ccccc12)C1CCOCC1.